The number of anilines is 2. The molecule has 7 heteroatoms. The van der Waals surface area contributed by atoms with Crippen LogP contribution in [-0.4, -0.2) is 22.9 Å². The number of benzene rings is 1. The molecule has 0 atom stereocenters. The van der Waals surface area contributed by atoms with Gasteiger partial charge in [0.15, 0.2) is 0 Å². The maximum absolute atomic E-state index is 12.2. The number of nitro benzene ring substituents is 1. The van der Waals surface area contributed by atoms with Crippen molar-refractivity contribution in [3.63, 3.8) is 0 Å². The van der Waals surface area contributed by atoms with E-state index in [1.54, 1.807) is 32.3 Å². The number of pyridine rings is 1. The molecule has 2 rings (SSSR count). The fourth-order valence-electron chi connectivity index (χ4n) is 1.93. The number of hydrogen-bond donors (Lipinski definition) is 2. The molecule has 1 amide bonds. The van der Waals surface area contributed by atoms with Gasteiger partial charge < -0.3 is 10.6 Å². The lowest BCUT2D eigenvalue weighted by molar-refractivity contribution is -0.385. The minimum Gasteiger partial charge on any atom is -0.386 e. The topological polar surface area (TPSA) is 97.2 Å². The van der Waals surface area contributed by atoms with Gasteiger partial charge in [-0.05, 0) is 25.1 Å². The highest BCUT2D eigenvalue weighted by Gasteiger charge is 2.14. The van der Waals surface area contributed by atoms with E-state index in [0.29, 0.717) is 22.5 Å². The summed E-state index contributed by atoms with van der Waals surface area (Å²) in [6, 6.07) is 6.04. The van der Waals surface area contributed by atoms with Crippen molar-refractivity contribution in [1.29, 1.82) is 0 Å². The van der Waals surface area contributed by atoms with E-state index in [2.05, 4.69) is 15.6 Å². The van der Waals surface area contributed by atoms with Crippen LogP contribution in [-0.2, 0) is 0 Å². The smallest absolute Gasteiger partial charge is 0.272 e. The van der Waals surface area contributed by atoms with Crippen molar-refractivity contribution in [2.45, 2.75) is 6.92 Å². The quantitative estimate of drug-likeness (QED) is 0.665. The number of aromatic nitrogens is 1. The molecular formula is C14H14N4O3. The molecule has 0 bridgehead atoms. The Hall–Kier alpha value is -2.96. The lowest BCUT2D eigenvalue weighted by atomic mass is 10.1. The maximum Gasteiger partial charge on any atom is 0.272 e. The number of amides is 1. The van der Waals surface area contributed by atoms with Crippen LogP contribution in [0.1, 0.15) is 15.9 Å². The van der Waals surface area contributed by atoms with Crippen molar-refractivity contribution in [1.82, 2.24) is 4.98 Å². The van der Waals surface area contributed by atoms with Crippen molar-refractivity contribution in [2.75, 3.05) is 17.7 Å². The first kappa shape index (κ1) is 14.4. The predicted molar refractivity (Wildman–Crippen MR) is 79.6 cm³/mol. The summed E-state index contributed by atoms with van der Waals surface area (Å²) in [5.74, 6) is -0.310. The molecule has 0 unspecified atom stereocenters. The molecule has 0 fully saturated rings. The number of nitro groups is 1. The van der Waals surface area contributed by atoms with E-state index >= 15 is 0 Å². The highest BCUT2D eigenvalue weighted by atomic mass is 16.6. The molecule has 0 radical (unpaired) electrons. The van der Waals surface area contributed by atoms with E-state index in [1.165, 1.54) is 18.3 Å². The monoisotopic (exact) mass is 286 g/mol. The summed E-state index contributed by atoms with van der Waals surface area (Å²) in [5, 5.41) is 16.4. The zero-order chi connectivity index (χ0) is 15.4. The van der Waals surface area contributed by atoms with E-state index < -0.39 is 4.92 Å². The first-order valence-electron chi connectivity index (χ1n) is 6.21. The van der Waals surface area contributed by atoms with Crippen molar-refractivity contribution in [3.8, 4) is 0 Å². The number of hydrogen-bond acceptors (Lipinski definition) is 5. The van der Waals surface area contributed by atoms with Gasteiger partial charge in [-0.25, -0.2) is 0 Å². The number of carbonyl (C=O) groups excluding carboxylic acids is 1. The maximum atomic E-state index is 12.2. The van der Waals surface area contributed by atoms with Crippen LogP contribution in [0.5, 0.6) is 0 Å². The number of nitrogens with zero attached hydrogens (tertiary/aromatic N) is 2. The van der Waals surface area contributed by atoms with Gasteiger partial charge >= 0.3 is 0 Å². The van der Waals surface area contributed by atoms with Crippen molar-refractivity contribution in [3.05, 3.63) is 57.9 Å². The van der Waals surface area contributed by atoms with Crippen molar-refractivity contribution < 1.29 is 9.72 Å². The average molecular weight is 286 g/mol. The molecule has 1 heterocycles. The van der Waals surface area contributed by atoms with Gasteiger partial charge in [0.1, 0.15) is 0 Å². The van der Waals surface area contributed by atoms with E-state index in [9.17, 15) is 14.9 Å². The fourth-order valence-corrected chi connectivity index (χ4v) is 1.93. The number of nitrogens with one attached hydrogen (secondary N) is 2. The van der Waals surface area contributed by atoms with Gasteiger partial charge in [-0.3, -0.25) is 19.9 Å². The van der Waals surface area contributed by atoms with Crippen LogP contribution >= 0.6 is 0 Å². The van der Waals surface area contributed by atoms with Gasteiger partial charge in [0.05, 0.1) is 22.4 Å². The fraction of sp³-hybridized carbons (Fsp3) is 0.143. The molecular weight excluding hydrogens is 272 g/mol. The molecule has 0 aliphatic heterocycles. The Kier molecular flexibility index (Phi) is 4.13. The van der Waals surface area contributed by atoms with Gasteiger partial charge in [0, 0.05) is 30.6 Å². The summed E-state index contributed by atoms with van der Waals surface area (Å²) < 4.78 is 0. The number of carbonyl (C=O) groups is 1. The minimum absolute atomic E-state index is 0.0211. The third kappa shape index (κ3) is 3.14. The predicted octanol–water partition coefficient (Wildman–Crippen LogP) is 2.59. The van der Waals surface area contributed by atoms with Crippen molar-refractivity contribution >= 4 is 23.0 Å². The van der Waals surface area contributed by atoms with Crippen LogP contribution in [0.25, 0.3) is 0 Å². The summed E-state index contributed by atoms with van der Waals surface area (Å²) in [6.07, 6.45) is 3.08. The standard InChI is InChI=1S/C14H14N4O3/c1-9-7-10(3-4-13(9)18(20)21)17-14(19)11-5-6-16-8-12(11)15-2/h3-8,15H,1-2H3,(H,17,19). The highest BCUT2D eigenvalue weighted by Crippen LogP contribution is 2.22. The minimum atomic E-state index is -0.455. The van der Waals surface area contributed by atoms with E-state index in [1.807, 2.05) is 0 Å². The Morgan fingerprint density at radius 1 is 1.33 bits per heavy atom. The first-order valence-corrected chi connectivity index (χ1v) is 6.21. The Balaban J connectivity index is 2.24. The lowest BCUT2D eigenvalue weighted by Crippen LogP contribution is -2.14. The molecule has 0 saturated carbocycles. The summed E-state index contributed by atoms with van der Waals surface area (Å²) in [6.45, 7) is 1.62. The van der Waals surface area contributed by atoms with E-state index in [0.717, 1.165) is 0 Å². The van der Waals surface area contributed by atoms with Crippen LogP contribution in [0, 0.1) is 17.0 Å². The van der Waals surface area contributed by atoms with Gasteiger partial charge in [-0.1, -0.05) is 0 Å². The summed E-state index contributed by atoms with van der Waals surface area (Å²) in [7, 11) is 1.70. The average Bonchev–Trinajstić information content (AvgIpc) is 2.46. The van der Waals surface area contributed by atoms with Crippen LogP contribution in [0.4, 0.5) is 17.1 Å². The summed E-state index contributed by atoms with van der Waals surface area (Å²) in [5.41, 5.74) is 2.06. The van der Waals surface area contributed by atoms with Gasteiger partial charge in [0.2, 0.25) is 0 Å². The third-order valence-corrected chi connectivity index (χ3v) is 2.99. The normalized spacial score (nSPS) is 10.0. The second-order valence-corrected chi connectivity index (χ2v) is 4.38. The molecule has 1 aromatic heterocycles. The third-order valence-electron chi connectivity index (χ3n) is 2.99. The second-order valence-electron chi connectivity index (χ2n) is 4.38. The Bertz CT molecular complexity index is 700. The van der Waals surface area contributed by atoms with E-state index in [-0.39, 0.29) is 11.6 Å². The van der Waals surface area contributed by atoms with Gasteiger partial charge in [-0.15, -0.1) is 0 Å². The summed E-state index contributed by atoms with van der Waals surface area (Å²) >= 11 is 0. The molecule has 0 saturated heterocycles. The lowest BCUT2D eigenvalue weighted by Gasteiger charge is -2.09. The molecule has 108 valence electrons. The molecule has 0 aliphatic carbocycles. The highest BCUT2D eigenvalue weighted by molar-refractivity contribution is 6.07. The van der Waals surface area contributed by atoms with Crippen molar-refractivity contribution in [2.24, 2.45) is 0 Å². The zero-order valence-electron chi connectivity index (χ0n) is 11.6. The van der Waals surface area contributed by atoms with Gasteiger partial charge in [0.25, 0.3) is 11.6 Å². The molecule has 21 heavy (non-hydrogen) atoms. The molecule has 1 aromatic carbocycles. The van der Waals surface area contributed by atoms with Crippen LogP contribution < -0.4 is 10.6 Å². The zero-order valence-corrected chi connectivity index (χ0v) is 11.6. The largest absolute Gasteiger partial charge is 0.386 e. The molecule has 0 spiro atoms. The molecule has 2 aromatic rings. The Morgan fingerprint density at radius 3 is 2.71 bits per heavy atom. The van der Waals surface area contributed by atoms with Crippen LogP contribution in [0.15, 0.2) is 36.7 Å². The molecule has 0 aliphatic rings. The van der Waals surface area contributed by atoms with Crippen LogP contribution in [0.2, 0.25) is 0 Å². The Morgan fingerprint density at radius 2 is 2.10 bits per heavy atom. The number of rotatable bonds is 4. The molecule has 2 N–H and O–H groups in total. The van der Waals surface area contributed by atoms with Crippen LogP contribution in [0.3, 0.4) is 0 Å². The second kappa shape index (κ2) is 6.00. The van der Waals surface area contributed by atoms with E-state index in [4.69, 9.17) is 0 Å². The number of aryl methyl sites for hydroxylation is 1. The van der Waals surface area contributed by atoms with Gasteiger partial charge in [-0.2, -0.15) is 0 Å². The Labute approximate surface area is 121 Å². The summed E-state index contributed by atoms with van der Waals surface area (Å²) in [4.78, 5) is 26.5. The SMILES string of the molecule is CNc1cnccc1C(=O)Nc1ccc([N+](=O)[O-])c(C)c1. The molecule has 7 nitrogen and oxygen atoms in total. The first-order chi connectivity index (χ1) is 10.0.